The molecule has 0 amide bonds. The lowest BCUT2D eigenvalue weighted by atomic mass is 9.70. The third-order valence-electron chi connectivity index (χ3n) is 11.7. The first-order chi connectivity index (χ1) is 24.8. The Morgan fingerprint density at radius 3 is 1.42 bits per heavy atom. The van der Waals surface area contributed by atoms with Gasteiger partial charge in [-0.1, -0.05) is 146 Å². The molecule has 12 rings (SSSR count). The van der Waals surface area contributed by atoms with Crippen LogP contribution in [0.5, 0.6) is 0 Å². The molecule has 0 radical (unpaired) electrons. The Bertz CT molecular complexity index is 3020. The maximum atomic E-state index is 6.83. The largest absolute Gasteiger partial charge is 0.456 e. The van der Waals surface area contributed by atoms with Gasteiger partial charge in [0, 0.05) is 10.8 Å². The smallest absolute Gasteiger partial charge is 0.136 e. The van der Waals surface area contributed by atoms with E-state index in [1.165, 1.54) is 93.3 Å². The molecule has 0 atom stereocenters. The number of rotatable bonds is 1. The van der Waals surface area contributed by atoms with Crippen molar-refractivity contribution in [2.75, 3.05) is 0 Å². The van der Waals surface area contributed by atoms with Gasteiger partial charge in [0.05, 0.1) is 5.41 Å². The van der Waals surface area contributed by atoms with Gasteiger partial charge in [-0.15, -0.1) is 0 Å². The van der Waals surface area contributed by atoms with Crippen molar-refractivity contribution in [3.05, 3.63) is 192 Å². The number of fused-ring (bicyclic) bond motifs is 19. The molecule has 0 N–H and O–H groups in total. The fourth-order valence-electron chi connectivity index (χ4n) is 9.73. The van der Waals surface area contributed by atoms with Crippen LogP contribution < -0.4 is 0 Å². The standard InChI is InChI=1S/C49H28O/c1-2-14-33-31(12-1)32-13-3-4-15-34(32)39-26-29(24-25-35(33)39)30-19-11-23-46-48(30)41-27-40-38-18-7-10-22-44(38)49(45(40)28-47(41)50-46)42-20-8-5-16-36(42)37-17-6-9-21-43(37)49/h1-28H. The minimum Gasteiger partial charge on any atom is -0.456 e. The molecule has 1 heterocycles. The van der Waals surface area contributed by atoms with E-state index in [1.807, 2.05) is 0 Å². The van der Waals surface area contributed by atoms with Gasteiger partial charge >= 0.3 is 0 Å². The maximum Gasteiger partial charge on any atom is 0.136 e. The molecule has 2 aliphatic carbocycles. The molecule has 2 aliphatic rings. The summed E-state index contributed by atoms with van der Waals surface area (Å²) in [6.45, 7) is 0. The highest BCUT2D eigenvalue weighted by Crippen LogP contribution is 2.63. The summed E-state index contributed by atoms with van der Waals surface area (Å²) in [5.41, 5.74) is 14.4. The molecule has 1 aromatic heterocycles. The van der Waals surface area contributed by atoms with Crippen molar-refractivity contribution < 1.29 is 4.42 Å². The van der Waals surface area contributed by atoms with Gasteiger partial charge < -0.3 is 4.42 Å². The zero-order valence-electron chi connectivity index (χ0n) is 27.1. The Kier molecular flexibility index (Phi) is 4.97. The SMILES string of the molecule is c1ccc2c(c1)-c1ccccc1C21c2ccccc2-c2cc3c(cc21)oc1cccc(-c2ccc4c5ccccc5c5ccccc5c4c2)c13. The molecule has 0 unspecified atom stereocenters. The van der Waals surface area contributed by atoms with Crippen LogP contribution in [0.25, 0.3) is 87.6 Å². The van der Waals surface area contributed by atoms with Gasteiger partial charge in [-0.25, -0.2) is 0 Å². The predicted molar refractivity (Wildman–Crippen MR) is 208 cm³/mol. The molecule has 0 saturated heterocycles. The van der Waals surface area contributed by atoms with Crippen molar-refractivity contribution in [1.29, 1.82) is 0 Å². The quantitative estimate of drug-likeness (QED) is 0.164. The molecule has 0 fully saturated rings. The van der Waals surface area contributed by atoms with E-state index in [2.05, 4.69) is 170 Å². The molecular weight excluding hydrogens is 605 g/mol. The van der Waals surface area contributed by atoms with Crippen molar-refractivity contribution in [3.8, 4) is 33.4 Å². The van der Waals surface area contributed by atoms with Crippen LogP contribution in [-0.2, 0) is 5.41 Å². The molecule has 1 spiro atoms. The van der Waals surface area contributed by atoms with Crippen molar-refractivity contribution in [1.82, 2.24) is 0 Å². The summed E-state index contributed by atoms with van der Waals surface area (Å²) in [5, 5.41) is 10.0. The van der Waals surface area contributed by atoms with Gasteiger partial charge in [-0.3, -0.25) is 0 Å². The minimum atomic E-state index is -0.392. The van der Waals surface area contributed by atoms with E-state index >= 15 is 0 Å². The first-order valence-electron chi connectivity index (χ1n) is 17.4. The first kappa shape index (κ1) is 26.5. The second kappa shape index (κ2) is 9.37. The van der Waals surface area contributed by atoms with Gasteiger partial charge in [0.25, 0.3) is 0 Å². The minimum absolute atomic E-state index is 0.392. The molecule has 0 saturated carbocycles. The summed E-state index contributed by atoms with van der Waals surface area (Å²) in [6, 6.07) is 62.8. The summed E-state index contributed by atoms with van der Waals surface area (Å²) in [6.07, 6.45) is 0. The Balaban J connectivity index is 1.15. The fourth-order valence-corrected chi connectivity index (χ4v) is 9.73. The zero-order valence-corrected chi connectivity index (χ0v) is 27.1. The Labute approximate surface area is 288 Å². The molecule has 9 aromatic carbocycles. The first-order valence-corrected chi connectivity index (χ1v) is 17.4. The van der Waals surface area contributed by atoms with Gasteiger partial charge in [-0.05, 0) is 112 Å². The fraction of sp³-hybridized carbons (Fsp3) is 0.0204. The number of hydrogen-bond donors (Lipinski definition) is 0. The monoisotopic (exact) mass is 632 g/mol. The van der Waals surface area contributed by atoms with Crippen LogP contribution in [0, 0.1) is 0 Å². The molecule has 230 valence electrons. The lowest BCUT2D eigenvalue weighted by Crippen LogP contribution is -2.25. The van der Waals surface area contributed by atoms with Crippen molar-refractivity contribution in [2.24, 2.45) is 0 Å². The van der Waals surface area contributed by atoms with Crippen LogP contribution in [-0.4, -0.2) is 0 Å². The Morgan fingerprint density at radius 2 is 0.800 bits per heavy atom. The zero-order chi connectivity index (χ0) is 32.6. The summed E-state index contributed by atoms with van der Waals surface area (Å²) >= 11 is 0. The van der Waals surface area contributed by atoms with E-state index in [9.17, 15) is 0 Å². The lowest BCUT2D eigenvalue weighted by molar-refractivity contribution is 0.666. The van der Waals surface area contributed by atoms with Gasteiger partial charge in [-0.2, -0.15) is 0 Å². The van der Waals surface area contributed by atoms with Gasteiger partial charge in [0.15, 0.2) is 0 Å². The summed E-state index contributed by atoms with van der Waals surface area (Å²) in [4.78, 5) is 0. The van der Waals surface area contributed by atoms with Crippen LogP contribution in [0.3, 0.4) is 0 Å². The molecule has 1 heteroatoms. The van der Waals surface area contributed by atoms with Gasteiger partial charge in [0.2, 0.25) is 0 Å². The van der Waals surface area contributed by atoms with Crippen LogP contribution in [0.15, 0.2) is 174 Å². The van der Waals surface area contributed by atoms with Crippen LogP contribution in [0.1, 0.15) is 22.3 Å². The van der Waals surface area contributed by atoms with Gasteiger partial charge in [0.1, 0.15) is 11.2 Å². The third-order valence-corrected chi connectivity index (χ3v) is 11.7. The van der Waals surface area contributed by atoms with Crippen molar-refractivity contribution in [2.45, 2.75) is 5.41 Å². The third kappa shape index (κ3) is 3.14. The highest BCUT2D eigenvalue weighted by Gasteiger charge is 2.51. The van der Waals surface area contributed by atoms with E-state index in [-0.39, 0.29) is 0 Å². The van der Waals surface area contributed by atoms with E-state index in [0.717, 1.165) is 16.6 Å². The molecule has 10 aromatic rings. The summed E-state index contributed by atoms with van der Waals surface area (Å²) in [5.74, 6) is 0. The molecule has 1 nitrogen and oxygen atoms in total. The van der Waals surface area contributed by atoms with Crippen LogP contribution >= 0.6 is 0 Å². The molecular formula is C49H28O. The summed E-state index contributed by atoms with van der Waals surface area (Å²) in [7, 11) is 0. The summed E-state index contributed by atoms with van der Waals surface area (Å²) < 4.78 is 6.83. The number of benzene rings is 9. The van der Waals surface area contributed by atoms with E-state index in [1.54, 1.807) is 0 Å². The average Bonchev–Trinajstić information content (AvgIpc) is 3.80. The highest BCUT2D eigenvalue weighted by molar-refractivity contribution is 6.26. The average molecular weight is 633 g/mol. The van der Waals surface area contributed by atoms with E-state index in [4.69, 9.17) is 4.42 Å². The number of furan rings is 1. The highest BCUT2D eigenvalue weighted by atomic mass is 16.3. The molecule has 50 heavy (non-hydrogen) atoms. The van der Waals surface area contributed by atoms with Crippen molar-refractivity contribution in [3.63, 3.8) is 0 Å². The second-order valence-corrected chi connectivity index (χ2v) is 13.9. The Morgan fingerprint density at radius 1 is 0.300 bits per heavy atom. The van der Waals surface area contributed by atoms with Crippen LogP contribution in [0.2, 0.25) is 0 Å². The van der Waals surface area contributed by atoms with E-state index < -0.39 is 5.41 Å². The molecule has 0 aliphatic heterocycles. The maximum absolute atomic E-state index is 6.83. The lowest BCUT2D eigenvalue weighted by Gasteiger charge is -2.30. The Hall–Kier alpha value is -6.44. The van der Waals surface area contributed by atoms with Crippen LogP contribution in [0.4, 0.5) is 0 Å². The topological polar surface area (TPSA) is 13.1 Å². The predicted octanol–water partition coefficient (Wildman–Crippen LogP) is 13.1. The van der Waals surface area contributed by atoms with Crippen molar-refractivity contribution >= 4 is 54.3 Å². The number of hydrogen-bond acceptors (Lipinski definition) is 1. The normalized spacial score (nSPS) is 13.8. The molecule has 0 bridgehead atoms. The second-order valence-electron chi connectivity index (χ2n) is 13.9. The van der Waals surface area contributed by atoms with E-state index in [0.29, 0.717) is 0 Å².